The van der Waals surface area contributed by atoms with Crippen LogP contribution in [0.4, 0.5) is 0 Å². The van der Waals surface area contributed by atoms with Crippen LogP contribution in [-0.2, 0) is 14.3 Å². The molecule has 0 aromatic carbocycles. The minimum atomic E-state index is -0.799. The molecule has 2 aliphatic rings. The van der Waals surface area contributed by atoms with Crippen LogP contribution in [0.5, 0.6) is 0 Å². The molecule has 0 radical (unpaired) electrons. The molecular weight excluding hydrogens is 222 g/mol. The van der Waals surface area contributed by atoms with E-state index in [1.165, 1.54) is 0 Å². The number of nitrogens with one attached hydrogen (secondary N) is 1. The van der Waals surface area contributed by atoms with Crippen molar-refractivity contribution < 1.29 is 19.4 Å². The quantitative estimate of drug-likeness (QED) is 0.720. The maximum Gasteiger partial charge on any atom is 0.311 e. The highest BCUT2D eigenvalue weighted by Gasteiger charge is 2.52. The van der Waals surface area contributed by atoms with Crippen molar-refractivity contribution in [3.63, 3.8) is 0 Å². The van der Waals surface area contributed by atoms with Crippen molar-refractivity contribution >= 4 is 11.9 Å². The zero-order valence-electron chi connectivity index (χ0n) is 10.1. The van der Waals surface area contributed by atoms with Crippen LogP contribution in [0.2, 0.25) is 0 Å². The molecule has 0 aromatic heterocycles. The highest BCUT2D eigenvalue weighted by atomic mass is 16.5. The van der Waals surface area contributed by atoms with Crippen LogP contribution in [0, 0.1) is 10.8 Å². The number of carbonyl (C=O) groups excluding carboxylic acids is 1. The number of carbonyl (C=O) groups is 2. The molecule has 2 aliphatic carbocycles. The van der Waals surface area contributed by atoms with Gasteiger partial charge < -0.3 is 15.2 Å². The third kappa shape index (κ3) is 2.16. The summed E-state index contributed by atoms with van der Waals surface area (Å²) in [5.74, 6) is -0.842. The molecule has 0 saturated heterocycles. The van der Waals surface area contributed by atoms with E-state index in [1.54, 1.807) is 7.11 Å². The lowest BCUT2D eigenvalue weighted by molar-refractivity contribution is -0.145. The second kappa shape index (κ2) is 4.29. The summed E-state index contributed by atoms with van der Waals surface area (Å²) in [6.45, 7) is 0.686. The van der Waals surface area contributed by atoms with Crippen molar-refractivity contribution in [2.24, 2.45) is 10.8 Å². The number of hydrogen-bond donors (Lipinski definition) is 2. The molecule has 0 atom stereocenters. The van der Waals surface area contributed by atoms with Gasteiger partial charge >= 0.3 is 5.97 Å². The topological polar surface area (TPSA) is 75.6 Å². The van der Waals surface area contributed by atoms with Crippen molar-refractivity contribution in [1.29, 1.82) is 0 Å². The van der Waals surface area contributed by atoms with Gasteiger partial charge in [-0.2, -0.15) is 0 Å². The molecule has 2 rings (SSSR count). The number of ether oxygens (including phenoxy) is 1. The average Bonchev–Trinajstić information content (AvgIpc) is 3.01. The van der Waals surface area contributed by atoms with Gasteiger partial charge in [-0.1, -0.05) is 6.42 Å². The zero-order chi connectivity index (χ0) is 12.5. The van der Waals surface area contributed by atoms with Crippen LogP contribution in [0.25, 0.3) is 0 Å². The number of methoxy groups -OCH3 is 1. The third-order valence-corrected chi connectivity index (χ3v) is 4.11. The molecule has 0 aromatic rings. The van der Waals surface area contributed by atoms with Crippen molar-refractivity contribution in [3.8, 4) is 0 Å². The Morgan fingerprint density at radius 1 is 1.24 bits per heavy atom. The number of carboxylic acid groups (broad SMARTS) is 1. The van der Waals surface area contributed by atoms with E-state index in [2.05, 4.69) is 5.32 Å². The molecule has 5 nitrogen and oxygen atoms in total. The summed E-state index contributed by atoms with van der Waals surface area (Å²) < 4.78 is 5.09. The van der Waals surface area contributed by atoms with Gasteiger partial charge in [0, 0.05) is 13.7 Å². The summed E-state index contributed by atoms with van der Waals surface area (Å²) in [5, 5.41) is 11.8. The van der Waals surface area contributed by atoms with Gasteiger partial charge in [0.1, 0.15) is 0 Å². The van der Waals surface area contributed by atoms with Crippen LogP contribution in [0.3, 0.4) is 0 Å². The second-order valence-electron chi connectivity index (χ2n) is 5.34. The fourth-order valence-electron chi connectivity index (χ4n) is 2.37. The van der Waals surface area contributed by atoms with Crippen LogP contribution in [0.1, 0.15) is 32.1 Å². The maximum atomic E-state index is 12.1. The molecule has 17 heavy (non-hydrogen) atoms. The largest absolute Gasteiger partial charge is 0.481 e. The molecule has 0 unspecified atom stereocenters. The normalized spacial score (nSPS) is 23.6. The first-order chi connectivity index (χ1) is 8.05. The summed E-state index contributed by atoms with van der Waals surface area (Å²) in [5.41, 5.74) is -1.09. The molecule has 0 aliphatic heterocycles. The predicted molar refractivity (Wildman–Crippen MR) is 60.5 cm³/mol. The number of aliphatic carboxylic acids is 1. The van der Waals surface area contributed by atoms with Crippen molar-refractivity contribution in [2.75, 3.05) is 20.3 Å². The van der Waals surface area contributed by atoms with Gasteiger partial charge in [-0.15, -0.1) is 0 Å². The van der Waals surface area contributed by atoms with Gasteiger partial charge in [-0.3, -0.25) is 9.59 Å². The molecule has 5 heteroatoms. The van der Waals surface area contributed by atoms with Gasteiger partial charge in [0.2, 0.25) is 5.91 Å². The van der Waals surface area contributed by atoms with E-state index in [-0.39, 0.29) is 12.5 Å². The first kappa shape index (κ1) is 12.4. The van der Waals surface area contributed by atoms with Gasteiger partial charge in [-0.05, 0) is 25.7 Å². The molecule has 0 bridgehead atoms. The van der Waals surface area contributed by atoms with Crippen LogP contribution in [0.15, 0.2) is 0 Å². The lowest BCUT2D eigenvalue weighted by Crippen LogP contribution is -2.50. The highest BCUT2D eigenvalue weighted by molar-refractivity contribution is 5.85. The Hall–Kier alpha value is -1.10. The van der Waals surface area contributed by atoms with E-state index in [4.69, 9.17) is 9.84 Å². The lowest BCUT2D eigenvalue weighted by Gasteiger charge is -2.39. The maximum absolute atomic E-state index is 12.1. The SMILES string of the molecule is COCC1(C(=O)NCC2(C(=O)O)CC2)CCC1. The average molecular weight is 241 g/mol. The first-order valence-corrected chi connectivity index (χ1v) is 6.05. The summed E-state index contributed by atoms with van der Waals surface area (Å²) in [7, 11) is 1.59. The molecule has 2 saturated carbocycles. The van der Waals surface area contributed by atoms with Crippen LogP contribution >= 0.6 is 0 Å². The van der Waals surface area contributed by atoms with Crippen molar-refractivity contribution in [1.82, 2.24) is 5.32 Å². The molecule has 1 amide bonds. The highest BCUT2D eigenvalue weighted by Crippen LogP contribution is 2.46. The van der Waals surface area contributed by atoms with Crippen molar-refractivity contribution in [3.05, 3.63) is 0 Å². The Kier molecular flexibility index (Phi) is 3.12. The number of carboxylic acids is 1. The zero-order valence-corrected chi connectivity index (χ0v) is 10.1. The summed E-state index contributed by atoms with van der Waals surface area (Å²) >= 11 is 0. The van der Waals surface area contributed by atoms with Crippen LogP contribution in [-0.4, -0.2) is 37.2 Å². The Morgan fingerprint density at radius 2 is 1.88 bits per heavy atom. The fraction of sp³-hybridized carbons (Fsp3) is 0.833. The second-order valence-corrected chi connectivity index (χ2v) is 5.34. The van der Waals surface area contributed by atoms with E-state index in [0.29, 0.717) is 19.4 Å². The van der Waals surface area contributed by atoms with E-state index in [9.17, 15) is 9.59 Å². The van der Waals surface area contributed by atoms with Crippen LogP contribution < -0.4 is 5.32 Å². The van der Waals surface area contributed by atoms with Gasteiger partial charge in [0.15, 0.2) is 0 Å². The molecule has 96 valence electrons. The molecule has 2 N–H and O–H groups in total. The smallest absolute Gasteiger partial charge is 0.311 e. The van der Waals surface area contributed by atoms with Gasteiger partial charge in [0.05, 0.1) is 17.4 Å². The minimum Gasteiger partial charge on any atom is -0.481 e. The Balaban J connectivity index is 1.87. The standard InChI is InChI=1S/C12H19NO4/c1-17-8-12(3-2-4-12)9(14)13-7-11(5-6-11)10(15)16/h2-8H2,1H3,(H,13,14)(H,15,16). The van der Waals surface area contributed by atoms with E-state index < -0.39 is 16.8 Å². The molecular formula is C12H19NO4. The molecule has 0 spiro atoms. The lowest BCUT2D eigenvalue weighted by atomic mass is 9.68. The molecule has 0 heterocycles. The summed E-state index contributed by atoms with van der Waals surface area (Å²) in [4.78, 5) is 23.0. The Morgan fingerprint density at radius 3 is 2.24 bits per heavy atom. The Bertz CT molecular complexity index is 331. The summed E-state index contributed by atoms with van der Waals surface area (Å²) in [6, 6.07) is 0. The first-order valence-electron chi connectivity index (χ1n) is 6.05. The van der Waals surface area contributed by atoms with E-state index in [1.807, 2.05) is 0 Å². The summed E-state index contributed by atoms with van der Waals surface area (Å²) in [6.07, 6.45) is 4.06. The Labute approximate surface area is 101 Å². The number of amides is 1. The van der Waals surface area contributed by atoms with Gasteiger partial charge in [-0.25, -0.2) is 0 Å². The number of hydrogen-bond acceptors (Lipinski definition) is 3. The number of rotatable bonds is 6. The van der Waals surface area contributed by atoms with E-state index >= 15 is 0 Å². The molecule has 2 fully saturated rings. The predicted octanol–water partition coefficient (Wildman–Crippen LogP) is 0.784. The van der Waals surface area contributed by atoms with E-state index in [0.717, 1.165) is 19.3 Å². The van der Waals surface area contributed by atoms with Gasteiger partial charge in [0.25, 0.3) is 0 Å². The third-order valence-electron chi connectivity index (χ3n) is 4.11. The van der Waals surface area contributed by atoms with Crippen molar-refractivity contribution in [2.45, 2.75) is 32.1 Å². The minimum absolute atomic E-state index is 0.0434. The fourth-order valence-corrected chi connectivity index (χ4v) is 2.37. The monoisotopic (exact) mass is 241 g/mol.